The van der Waals surface area contributed by atoms with Crippen molar-refractivity contribution in [3.8, 4) is 0 Å². The smallest absolute Gasteiger partial charge is 0.128 e. The summed E-state index contributed by atoms with van der Waals surface area (Å²) in [6.45, 7) is 7.03. The van der Waals surface area contributed by atoms with E-state index in [4.69, 9.17) is 0 Å². The van der Waals surface area contributed by atoms with Crippen molar-refractivity contribution in [1.82, 2.24) is 15.2 Å². The van der Waals surface area contributed by atoms with Crippen LogP contribution in [0.4, 0.5) is 5.82 Å². The van der Waals surface area contributed by atoms with Gasteiger partial charge in [-0.2, -0.15) is 0 Å². The van der Waals surface area contributed by atoms with Gasteiger partial charge in [0, 0.05) is 37.9 Å². The summed E-state index contributed by atoms with van der Waals surface area (Å²) in [6, 6.07) is 5.49. The van der Waals surface area contributed by atoms with E-state index in [1.165, 1.54) is 37.9 Å². The molecule has 2 aliphatic rings. The van der Waals surface area contributed by atoms with Crippen molar-refractivity contribution in [2.75, 3.05) is 38.1 Å². The molecular formula is C16H26N4. The van der Waals surface area contributed by atoms with Crippen LogP contribution in [0.3, 0.4) is 0 Å². The van der Waals surface area contributed by atoms with Gasteiger partial charge in [0.25, 0.3) is 0 Å². The molecule has 2 fully saturated rings. The van der Waals surface area contributed by atoms with Crippen molar-refractivity contribution in [3.63, 3.8) is 0 Å². The highest BCUT2D eigenvalue weighted by atomic mass is 15.3. The average molecular weight is 274 g/mol. The first-order valence-electron chi connectivity index (χ1n) is 7.90. The minimum absolute atomic E-state index is 0.381. The average Bonchev–Trinajstić information content (AvgIpc) is 2.83. The Morgan fingerprint density at radius 1 is 1.30 bits per heavy atom. The fourth-order valence-electron chi connectivity index (χ4n) is 3.46. The van der Waals surface area contributed by atoms with Crippen molar-refractivity contribution in [2.45, 2.75) is 38.3 Å². The van der Waals surface area contributed by atoms with Crippen LogP contribution in [-0.2, 0) is 0 Å². The molecule has 2 unspecified atom stereocenters. The Balaban J connectivity index is 1.77. The number of fused-ring (bicyclic) bond motifs is 1. The zero-order valence-corrected chi connectivity index (χ0v) is 12.7. The Kier molecular flexibility index (Phi) is 4.22. The number of aromatic nitrogens is 1. The normalized spacial score (nSPS) is 25.3. The van der Waals surface area contributed by atoms with Crippen molar-refractivity contribution in [1.29, 1.82) is 0 Å². The fourth-order valence-corrected chi connectivity index (χ4v) is 3.46. The second-order valence-corrected chi connectivity index (χ2v) is 6.09. The number of rotatable bonds is 3. The molecule has 0 radical (unpaired) electrons. The molecule has 110 valence electrons. The van der Waals surface area contributed by atoms with Crippen LogP contribution in [0.25, 0.3) is 0 Å². The van der Waals surface area contributed by atoms with Crippen LogP contribution in [0.5, 0.6) is 0 Å². The van der Waals surface area contributed by atoms with Gasteiger partial charge in [0.15, 0.2) is 0 Å². The molecule has 0 saturated carbocycles. The predicted octanol–water partition coefficient (Wildman–Crippen LogP) is 2.04. The summed E-state index contributed by atoms with van der Waals surface area (Å²) in [5.74, 6) is 1.15. The molecule has 4 heteroatoms. The van der Waals surface area contributed by atoms with Crippen LogP contribution < -0.4 is 10.2 Å². The lowest BCUT2D eigenvalue weighted by Crippen LogP contribution is -2.37. The molecule has 0 bridgehead atoms. The number of hydrogen-bond acceptors (Lipinski definition) is 4. The lowest BCUT2D eigenvalue weighted by Gasteiger charge is -2.27. The van der Waals surface area contributed by atoms with Crippen LogP contribution in [-0.4, -0.2) is 49.2 Å². The number of hydrogen-bond donors (Lipinski definition) is 1. The van der Waals surface area contributed by atoms with Crippen LogP contribution in [0.1, 0.15) is 37.8 Å². The van der Waals surface area contributed by atoms with Crippen molar-refractivity contribution in [2.24, 2.45) is 0 Å². The third-order valence-electron chi connectivity index (χ3n) is 4.83. The largest absolute Gasteiger partial charge is 0.355 e. The van der Waals surface area contributed by atoms with E-state index in [1.807, 2.05) is 13.2 Å². The number of nitrogens with one attached hydrogen (secondary N) is 1. The predicted molar refractivity (Wildman–Crippen MR) is 83.1 cm³/mol. The van der Waals surface area contributed by atoms with Gasteiger partial charge in [-0.3, -0.25) is 4.90 Å². The van der Waals surface area contributed by atoms with Crippen LogP contribution in [0.15, 0.2) is 18.3 Å². The van der Waals surface area contributed by atoms with Gasteiger partial charge in [0.1, 0.15) is 5.82 Å². The van der Waals surface area contributed by atoms with E-state index in [0.717, 1.165) is 24.9 Å². The number of pyridine rings is 1. The second-order valence-electron chi connectivity index (χ2n) is 6.09. The van der Waals surface area contributed by atoms with Crippen LogP contribution >= 0.6 is 0 Å². The molecule has 0 aliphatic carbocycles. The summed E-state index contributed by atoms with van der Waals surface area (Å²) >= 11 is 0. The Bertz CT molecular complexity index is 448. The third kappa shape index (κ3) is 2.81. The summed E-state index contributed by atoms with van der Waals surface area (Å²) in [7, 11) is 2.01. The highest BCUT2D eigenvalue weighted by Gasteiger charge is 2.29. The minimum Gasteiger partial charge on any atom is -0.355 e. The maximum atomic E-state index is 4.62. The molecule has 1 N–H and O–H groups in total. The molecule has 0 amide bonds. The molecule has 2 atom stereocenters. The minimum atomic E-state index is 0.381. The first-order chi connectivity index (χ1) is 9.78. The van der Waals surface area contributed by atoms with E-state index < -0.39 is 0 Å². The topological polar surface area (TPSA) is 31.4 Å². The first-order valence-corrected chi connectivity index (χ1v) is 7.90. The van der Waals surface area contributed by atoms with Crippen molar-refractivity contribution >= 4 is 5.82 Å². The van der Waals surface area contributed by atoms with E-state index in [1.54, 1.807) is 0 Å². The quantitative estimate of drug-likeness (QED) is 0.914. The van der Waals surface area contributed by atoms with E-state index in [2.05, 4.69) is 39.2 Å². The van der Waals surface area contributed by atoms with E-state index in [9.17, 15) is 0 Å². The SMILES string of the molecule is CNC(C)c1ccnc(N2CCCN3CCCC3C2)c1. The molecule has 1 aromatic rings. The second kappa shape index (κ2) is 6.10. The Labute approximate surface area is 122 Å². The standard InChI is InChI=1S/C16H26N4/c1-13(17-2)14-6-7-18-16(11-14)20-10-4-9-19-8-3-5-15(19)12-20/h6-7,11,13,15,17H,3-5,8-10,12H2,1-2H3. The maximum absolute atomic E-state index is 4.62. The van der Waals surface area contributed by atoms with Gasteiger partial charge in [-0.1, -0.05) is 0 Å². The molecule has 20 heavy (non-hydrogen) atoms. The van der Waals surface area contributed by atoms with Gasteiger partial charge in [-0.25, -0.2) is 4.98 Å². The molecule has 0 spiro atoms. The van der Waals surface area contributed by atoms with E-state index >= 15 is 0 Å². The maximum Gasteiger partial charge on any atom is 0.128 e. The summed E-state index contributed by atoms with van der Waals surface area (Å²) in [6.07, 6.45) is 5.92. The van der Waals surface area contributed by atoms with Crippen LogP contribution in [0, 0.1) is 0 Å². The lowest BCUT2D eigenvalue weighted by molar-refractivity contribution is 0.273. The van der Waals surface area contributed by atoms with Gasteiger partial charge >= 0.3 is 0 Å². The summed E-state index contributed by atoms with van der Waals surface area (Å²) in [4.78, 5) is 9.77. The number of anilines is 1. The van der Waals surface area contributed by atoms with Gasteiger partial charge in [-0.15, -0.1) is 0 Å². The van der Waals surface area contributed by atoms with Gasteiger partial charge in [0.2, 0.25) is 0 Å². The first kappa shape index (κ1) is 13.8. The molecule has 2 saturated heterocycles. The van der Waals surface area contributed by atoms with E-state index in [-0.39, 0.29) is 0 Å². The zero-order valence-electron chi connectivity index (χ0n) is 12.7. The fraction of sp³-hybridized carbons (Fsp3) is 0.688. The van der Waals surface area contributed by atoms with Crippen molar-refractivity contribution < 1.29 is 0 Å². The highest BCUT2D eigenvalue weighted by molar-refractivity contribution is 5.42. The number of nitrogens with zero attached hydrogens (tertiary/aromatic N) is 3. The molecule has 2 aliphatic heterocycles. The molecule has 1 aromatic heterocycles. The molecule has 4 nitrogen and oxygen atoms in total. The Morgan fingerprint density at radius 2 is 2.15 bits per heavy atom. The van der Waals surface area contributed by atoms with Crippen molar-refractivity contribution in [3.05, 3.63) is 23.9 Å². The van der Waals surface area contributed by atoms with E-state index in [0.29, 0.717) is 6.04 Å². The molecular weight excluding hydrogens is 248 g/mol. The summed E-state index contributed by atoms with van der Waals surface area (Å²) < 4.78 is 0. The lowest BCUT2D eigenvalue weighted by atomic mass is 10.1. The summed E-state index contributed by atoms with van der Waals surface area (Å²) in [5, 5.41) is 3.31. The van der Waals surface area contributed by atoms with Gasteiger partial charge in [-0.05, 0) is 57.5 Å². The molecule has 3 heterocycles. The highest BCUT2D eigenvalue weighted by Crippen LogP contribution is 2.25. The Hall–Kier alpha value is -1.13. The zero-order chi connectivity index (χ0) is 13.9. The molecule has 0 aromatic carbocycles. The Morgan fingerprint density at radius 3 is 3.00 bits per heavy atom. The third-order valence-corrected chi connectivity index (χ3v) is 4.83. The van der Waals surface area contributed by atoms with Gasteiger partial charge in [0.05, 0.1) is 0 Å². The van der Waals surface area contributed by atoms with Gasteiger partial charge < -0.3 is 10.2 Å². The van der Waals surface area contributed by atoms with Crippen LogP contribution in [0.2, 0.25) is 0 Å². The molecule has 3 rings (SSSR count). The summed E-state index contributed by atoms with van der Waals surface area (Å²) in [5.41, 5.74) is 1.32. The monoisotopic (exact) mass is 274 g/mol.